The monoisotopic (exact) mass is 545 g/mol. The number of halogens is 1. The molecule has 3 aromatic heterocycles. The van der Waals surface area contributed by atoms with Crippen molar-refractivity contribution in [1.82, 2.24) is 24.5 Å². The second kappa shape index (κ2) is 10.5. The van der Waals surface area contributed by atoms with E-state index in [0.29, 0.717) is 65.2 Å². The molecule has 0 saturated carbocycles. The summed E-state index contributed by atoms with van der Waals surface area (Å²) in [7, 11) is 0. The van der Waals surface area contributed by atoms with Crippen molar-refractivity contribution >= 4 is 29.1 Å². The average Bonchev–Trinajstić information content (AvgIpc) is 3.36. The minimum absolute atomic E-state index is 0.120. The van der Waals surface area contributed by atoms with Gasteiger partial charge in [-0.3, -0.25) is 19.4 Å². The number of hydrogen-bond donors (Lipinski definition) is 3. The van der Waals surface area contributed by atoms with E-state index in [0.717, 1.165) is 0 Å². The van der Waals surface area contributed by atoms with E-state index in [1.807, 2.05) is 0 Å². The maximum atomic E-state index is 14.3. The molecule has 2 amide bonds. The van der Waals surface area contributed by atoms with E-state index < -0.39 is 17.8 Å². The molecule has 1 aromatic carbocycles. The molecule has 4 heterocycles. The van der Waals surface area contributed by atoms with Crippen molar-refractivity contribution in [2.45, 2.75) is 38.7 Å². The van der Waals surface area contributed by atoms with Crippen molar-refractivity contribution in [3.05, 3.63) is 65.4 Å². The summed E-state index contributed by atoms with van der Waals surface area (Å²) < 4.78 is 15.7. The molecule has 1 fully saturated rings. The number of fused-ring (bicyclic) bond motifs is 1. The quantitative estimate of drug-likeness (QED) is 0.310. The van der Waals surface area contributed by atoms with Crippen molar-refractivity contribution in [2.75, 3.05) is 18.8 Å². The van der Waals surface area contributed by atoms with E-state index >= 15 is 0 Å². The predicted molar refractivity (Wildman–Crippen MR) is 145 cm³/mol. The van der Waals surface area contributed by atoms with Crippen LogP contribution in [-0.2, 0) is 4.79 Å². The van der Waals surface area contributed by atoms with Crippen LogP contribution in [0.15, 0.2) is 42.7 Å². The number of aromatic nitrogens is 4. The number of amides is 2. The number of ketones is 1. The van der Waals surface area contributed by atoms with Crippen LogP contribution in [0.2, 0.25) is 0 Å². The summed E-state index contributed by atoms with van der Waals surface area (Å²) in [5.41, 5.74) is 15.0. The van der Waals surface area contributed by atoms with Crippen molar-refractivity contribution < 1.29 is 23.9 Å². The Morgan fingerprint density at radius 2 is 1.80 bits per heavy atom. The van der Waals surface area contributed by atoms with E-state index in [1.54, 1.807) is 35.5 Å². The molecule has 5 N–H and O–H groups in total. The Morgan fingerprint density at radius 3 is 2.38 bits per heavy atom. The van der Waals surface area contributed by atoms with Crippen LogP contribution in [0.25, 0.3) is 28.0 Å². The molecule has 0 unspecified atom stereocenters. The molecule has 12 heteroatoms. The molecule has 0 bridgehead atoms. The Kier molecular flexibility index (Phi) is 7.03. The van der Waals surface area contributed by atoms with Gasteiger partial charge in [-0.1, -0.05) is 12.1 Å². The zero-order valence-electron chi connectivity index (χ0n) is 22.0. The second-order valence-electron chi connectivity index (χ2n) is 9.87. The van der Waals surface area contributed by atoms with Gasteiger partial charge in [0.2, 0.25) is 0 Å². The van der Waals surface area contributed by atoms with Gasteiger partial charge < -0.3 is 21.5 Å². The summed E-state index contributed by atoms with van der Waals surface area (Å²) in [6.07, 6.45) is 3.24. The summed E-state index contributed by atoms with van der Waals surface area (Å²) in [6, 6.07) is 7.59. The van der Waals surface area contributed by atoms with Gasteiger partial charge >= 0.3 is 0 Å². The molecule has 1 saturated heterocycles. The van der Waals surface area contributed by atoms with Gasteiger partial charge in [-0.05, 0) is 44.9 Å². The number of anilines is 1. The van der Waals surface area contributed by atoms with E-state index in [9.17, 15) is 23.9 Å². The number of carbonyl (C=O) groups is 3. The summed E-state index contributed by atoms with van der Waals surface area (Å²) >= 11 is 0. The fourth-order valence-corrected chi connectivity index (χ4v) is 5.13. The Hall–Kier alpha value is -4.71. The summed E-state index contributed by atoms with van der Waals surface area (Å²) in [5, 5.41) is 14.0. The molecule has 1 aliphatic heterocycles. The molecule has 0 radical (unpaired) electrons. The number of rotatable bonds is 6. The summed E-state index contributed by atoms with van der Waals surface area (Å²) in [5.74, 6) is -2.08. The van der Waals surface area contributed by atoms with Crippen LogP contribution in [0.3, 0.4) is 0 Å². The van der Waals surface area contributed by atoms with Crippen LogP contribution in [0.4, 0.5) is 10.2 Å². The average molecular weight is 546 g/mol. The normalized spacial score (nSPS) is 14.8. The van der Waals surface area contributed by atoms with Gasteiger partial charge in [0.25, 0.3) is 11.8 Å². The highest BCUT2D eigenvalue weighted by molar-refractivity contribution is 6.00. The fourth-order valence-electron chi connectivity index (χ4n) is 5.13. The van der Waals surface area contributed by atoms with Crippen LogP contribution >= 0.6 is 0 Å². The number of aliphatic hydroxyl groups excluding tert-OH is 1. The smallest absolute Gasteiger partial charge is 0.251 e. The largest absolute Gasteiger partial charge is 0.384 e. The second-order valence-corrected chi connectivity index (χ2v) is 9.87. The van der Waals surface area contributed by atoms with Gasteiger partial charge in [0.05, 0.1) is 28.7 Å². The number of nitrogen functional groups attached to an aromatic ring is 1. The number of piperidine rings is 1. The Labute approximate surface area is 228 Å². The lowest BCUT2D eigenvalue weighted by Gasteiger charge is -2.33. The van der Waals surface area contributed by atoms with Gasteiger partial charge in [0.15, 0.2) is 11.4 Å². The number of primary amides is 1. The van der Waals surface area contributed by atoms with E-state index in [-0.39, 0.29) is 29.0 Å². The first-order valence-electron chi connectivity index (χ1n) is 12.8. The number of Topliss-reactive ketones (excluding diaryl/α,β-unsaturated/α-hetero) is 1. The van der Waals surface area contributed by atoms with Crippen molar-refractivity contribution in [2.24, 2.45) is 5.73 Å². The number of benzene rings is 1. The van der Waals surface area contributed by atoms with Gasteiger partial charge in [0.1, 0.15) is 17.7 Å². The maximum Gasteiger partial charge on any atom is 0.251 e. The third-order valence-corrected chi connectivity index (χ3v) is 7.22. The molecule has 206 valence electrons. The molecule has 1 atom stereocenters. The Morgan fingerprint density at radius 1 is 1.10 bits per heavy atom. The zero-order chi connectivity index (χ0) is 28.7. The molecule has 5 rings (SSSR count). The number of nitrogens with two attached hydrogens (primary N) is 2. The fraction of sp³-hybridized carbons (Fsp3) is 0.286. The highest BCUT2D eigenvalue weighted by Gasteiger charge is 2.31. The van der Waals surface area contributed by atoms with Gasteiger partial charge in [-0.15, -0.1) is 0 Å². The molecule has 40 heavy (non-hydrogen) atoms. The number of pyridine rings is 1. The number of carbonyl (C=O) groups excluding carboxylic acids is 3. The van der Waals surface area contributed by atoms with Crippen LogP contribution in [-0.4, -0.2) is 66.4 Å². The summed E-state index contributed by atoms with van der Waals surface area (Å²) in [4.78, 5) is 47.1. The van der Waals surface area contributed by atoms with Crippen LogP contribution in [0.5, 0.6) is 0 Å². The van der Waals surface area contributed by atoms with Crippen molar-refractivity contribution in [3.63, 3.8) is 0 Å². The summed E-state index contributed by atoms with van der Waals surface area (Å²) in [6.45, 7) is 3.73. The molecular weight excluding hydrogens is 517 g/mol. The predicted octanol–water partition coefficient (Wildman–Crippen LogP) is 2.57. The standard InChI is InChI=1S/C28H28FN7O4/c1-14(37)23-24(16-7-9-35(10-8-16)28(40)15(2)38)34-27-20(13-33-36(27)25(23)30)18-4-6-22(32-12-18)17-3-5-19(26(31)39)21(29)11-17/h3-6,11-13,15-16,38H,7-10,30H2,1-2H3,(H2,31,39)/t15-/m1/s1. The molecule has 11 nitrogen and oxygen atoms in total. The number of hydrogen-bond acceptors (Lipinski definition) is 8. The molecule has 4 aromatic rings. The first-order valence-corrected chi connectivity index (χ1v) is 12.8. The number of likely N-dealkylation sites (tertiary alicyclic amines) is 1. The van der Waals surface area contributed by atoms with Crippen LogP contribution in [0.1, 0.15) is 59.0 Å². The van der Waals surface area contributed by atoms with E-state index in [2.05, 4.69) is 10.1 Å². The van der Waals surface area contributed by atoms with E-state index in [4.69, 9.17) is 16.5 Å². The lowest BCUT2D eigenvalue weighted by Crippen LogP contribution is -2.42. The zero-order valence-corrected chi connectivity index (χ0v) is 22.0. The molecule has 0 aliphatic carbocycles. The maximum absolute atomic E-state index is 14.3. The number of aliphatic hydroxyl groups is 1. The third kappa shape index (κ3) is 4.77. The highest BCUT2D eigenvalue weighted by atomic mass is 19.1. The molecule has 0 spiro atoms. The van der Waals surface area contributed by atoms with Gasteiger partial charge in [-0.2, -0.15) is 9.61 Å². The minimum atomic E-state index is -1.07. The van der Waals surface area contributed by atoms with Gasteiger partial charge in [-0.25, -0.2) is 9.37 Å². The minimum Gasteiger partial charge on any atom is -0.384 e. The van der Waals surface area contributed by atoms with Crippen molar-refractivity contribution in [3.8, 4) is 22.4 Å². The molecular formula is C28H28FN7O4. The van der Waals surface area contributed by atoms with E-state index in [1.165, 1.54) is 30.5 Å². The Bertz CT molecular complexity index is 1640. The SMILES string of the molecule is CC(=O)c1c(C2CCN(C(=O)[C@@H](C)O)CC2)nc2c(-c3ccc(-c4ccc(C(N)=O)c(F)c4)nc3)cnn2c1N. The number of nitrogens with zero attached hydrogens (tertiary/aromatic N) is 5. The van der Waals surface area contributed by atoms with Crippen molar-refractivity contribution in [1.29, 1.82) is 0 Å². The lowest BCUT2D eigenvalue weighted by atomic mass is 9.89. The Balaban J connectivity index is 1.50. The lowest BCUT2D eigenvalue weighted by molar-refractivity contribution is -0.140. The third-order valence-electron chi connectivity index (χ3n) is 7.22. The van der Waals surface area contributed by atoms with Gasteiger partial charge in [0, 0.05) is 41.9 Å². The highest BCUT2D eigenvalue weighted by Crippen LogP contribution is 2.35. The topological polar surface area (TPSA) is 170 Å². The van der Waals surface area contributed by atoms with Crippen LogP contribution < -0.4 is 11.5 Å². The first-order chi connectivity index (χ1) is 19.1. The molecule has 1 aliphatic rings. The van der Waals surface area contributed by atoms with Crippen LogP contribution in [0, 0.1) is 5.82 Å². The first kappa shape index (κ1) is 26.9.